The van der Waals surface area contributed by atoms with E-state index >= 15 is 0 Å². The van der Waals surface area contributed by atoms with Crippen LogP contribution in [0.2, 0.25) is 5.02 Å². The Labute approximate surface area is 177 Å². The average Bonchev–Trinajstić information content (AvgIpc) is 3.21. The minimum atomic E-state index is -0.947. The van der Waals surface area contributed by atoms with Gasteiger partial charge in [-0.3, -0.25) is 0 Å². The van der Waals surface area contributed by atoms with Crippen LogP contribution in [0.1, 0.15) is 21.5 Å². The molecule has 1 aromatic heterocycles. The Morgan fingerprint density at radius 3 is 2.50 bits per heavy atom. The number of halogens is 1. The highest BCUT2D eigenvalue weighted by atomic mass is 35.5. The van der Waals surface area contributed by atoms with Crippen molar-refractivity contribution in [2.75, 3.05) is 0 Å². The van der Waals surface area contributed by atoms with Crippen molar-refractivity contribution >= 4 is 29.7 Å². The molecule has 0 amide bonds. The molecule has 5 nitrogen and oxygen atoms in total. The van der Waals surface area contributed by atoms with E-state index in [4.69, 9.17) is 26.0 Å². The molecular weight excluding hydrogens is 402 g/mol. The predicted octanol–water partition coefficient (Wildman–Crippen LogP) is 6.66. The van der Waals surface area contributed by atoms with Crippen molar-refractivity contribution in [3.63, 3.8) is 0 Å². The summed E-state index contributed by atoms with van der Waals surface area (Å²) in [6.45, 7) is 0. The Kier molecular flexibility index (Phi) is 5.63. The Morgan fingerprint density at radius 1 is 0.967 bits per heavy atom. The molecule has 0 spiro atoms. The van der Waals surface area contributed by atoms with Crippen molar-refractivity contribution in [3.05, 3.63) is 101 Å². The number of nitrogens with zero attached hydrogens (tertiary/aromatic N) is 1. The summed E-state index contributed by atoms with van der Waals surface area (Å²) in [5.74, 6) is 0.676. The molecule has 0 saturated heterocycles. The van der Waals surface area contributed by atoms with Crippen LogP contribution in [0.5, 0.6) is 11.5 Å². The standard InChI is InChI=1S/C24H16ClNO4/c25-20-6-2-4-18(14-20)23-22(15-26-30-23)29-21-11-9-16(10-12-21)7-8-17-3-1-5-19(13-17)24(27)28/h1-15H,(H,27,28)/b8-7+. The van der Waals surface area contributed by atoms with Gasteiger partial charge in [0.2, 0.25) is 5.76 Å². The van der Waals surface area contributed by atoms with Crippen LogP contribution in [0.3, 0.4) is 0 Å². The largest absolute Gasteiger partial charge is 0.478 e. The third-order valence-electron chi connectivity index (χ3n) is 4.33. The second kappa shape index (κ2) is 8.68. The number of aromatic carboxylic acids is 1. The molecule has 0 aliphatic carbocycles. The maximum atomic E-state index is 11.1. The molecule has 0 saturated carbocycles. The molecule has 0 fully saturated rings. The van der Waals surface area contributed by atoms with E-state index in [0.717, 1.165) is 16.7 Å². The number of aromatic nitrogens is 1. The van der Waals surface area contributed by atoms with E-state index in [1.807, 2.05) is 54.6 Å². The van der Waals surface area contributed by atoms with Gasteiger partial charge in [-0.05, 0) is 47.5 Å². The molecule has 0 unspecified atom stereocenters. The lowest BCUT2D eigenvalue weighted by Gasteiger charge is -2.05. The number of benzene rings is 3. The van der Waals surface area contributed by atoms with Gasteiger partial charge in [-0.25, -0.2) is 4.79 Å². The molecule has 30 heavy (non-hydrogen) atoms. The summed E-state index contributed by atoms with van der Waals surface area (Å²) >= 11 is 6.05. The third kappa shape index (κ3) is 4.59. The summed E-state index contributed by atoms with van der Waals surface area (Å²) in [5.41, 5.74) is 2.79. The minimum Gasteiger partial charge on any atom is -0.478 e. The van der Waals surface area contributed by atoms with Crippen molar-refractivity contribution in [2.45, 2.75) is 0 Å². The molecular formula is C24H16ClNO4. The highest BCUT2D eigenvalue weighted by Gasteiger charge is 2.13. The van der Waals surface area contributed by atoms with Crippen molar-refractivity contribution in [1.82, 2.24) is 5.16 Å². The monoisotopic (exact) mass is 417 g/mol. The normalized spacial score (nSPS) is 11.0. The molecule has 148 valence electrons. The maximum absolute atomic E-state index is 11.1. The van der Waals surface area contributed by atoms with Gasteiger partial charge in [-0.2, -0.15) is 0 Å². The smallest absolute Gasteiger partial charge is 0.335 e. The molecule has 0 aliphatic rings. The zero-order chi connectivity index (χ0) is 20.9. The number of carboxylic acids is 1. The summed E-state index contributed by atoms with van der Waals surface area (Å²) < 4.78 is 11.2. The first-order chi connectivity index (χ1) is 14.6. The third-order valence-corrected chi connectivity index (χ3v) is 4.57. The molecule has 0 radical (unpaired) electrons. The Morgan fingerprint density at radius 2 is 1.73 bits per heavy atom. The first-order valence-electron chi connectivity index (χ1n) is 9.08. The summed E-state index contributed by atoms with van der Waals surface area (Å²) in [4.78, 5) is 11.1. The van der Waals surface area contributed by atoms with Crippen LogP contribution < -0.4 is 4.74 Å². The van der Waals surface area contributed by atoms with E-state index in [1.165, 1.54) is 6.20 Å². The van der Waals surface area contributed by atoms with E-state index in [-0.39, 0.29) is 5.56 Å². The highest BCUT2D eigenvalue weighted by Crippen LogP contribution is 2.34. The molecule has 1 heterocycles. The van der Waals surface area contributed by atoms with E-state index < -0.39 is 5.97 Å². The van der Waals surface area contributed by atoms with Gasteiger partial charge in [0.25, 0.3) is 0 Å². The molecule has 4 aromatic rings. The quantitative estimate of drug-likeness (QED) is 0.355. The van der Waals surface area contributed by atoms with Crippen LogP contribution in [0.25, 0.3) is 23.5 Å². The summed E-state index contributed by atoms with van der Waals surface area (Å²) in [5, 5.41) is 13.5. The zero-order valence-corrected chi connectivity index (χ0v) is 16.4. The topological polar surface area (TPSA) is 72.6 Å². The zero-order valence-electron chi connectivity index (χ0n) is 15.7. The van der Waals surface area contributed by atoms with Crippen LogP contribution in [0.15, 0.2) is 83.5 Å². The summed E-state index contributed by atoms with van der Waals surface area (Å²) in [6, 6.07) is 21.5. The van der Waals surface area contributed by atoms with Gasteiger partial charge in [-0.15, -0.1) is 0 Å². The van der Waals surface area contributed by atoms with Gasteiger partial charge in [0, 0.05) is 10.6 Å². The van der Waals surface area contributed by atoms with Crippen LogP contribution in [0, 0.1) is 0 Å². The van der Waals surface area contributed by atoms with E-state index in [9.17, 15) is 4.79 Å². The number of ether oxygens (including phenoxy) is 1. The van der Waals surface area contributed by atoms with Gasteiger partial charge in [0.05, 0.1) is 5.56 Å². The first kappa shape index (κ1) is 19.5. The van der Waals surface area contributed by atoms with Gasteiger partial charge < -0.3 is 14.4 Å². The van der Waals surface area contributed by atoms with Crippen LogP contribution in [0.4, 0.5) is 0 Å². The van der Waals surface area contributed by atoms with E-state index in [0.29, 0.717) is 22.3 Å². The summed E-state index contributed by atoms with van der Waals surface area (Å²) in [6.07, 6.45) is 5.28. The lowest BCUT2D eigenvalue weighted by molar-refractivity contribution is 0.0697. The van der Waals surface area contributed by atoms with E-state index in [2.05, 4.69) is 5.16 Å². The minimum absolute atomic E-state index is 0.255. The van der Waals surface area contributed by atoms with E-state index in [1.54, 1.807) is 30.3 Å². The van der Waals surface area contributed by atoms with Crippen LogP contribution >= 0.6 is 11.6 Å². The number of carboxylic acid groups (broad SMARTS) is 1. The van der Waals surface area contributed by atoms with Gasteiger partial charge >= 0.3 is 5.97 Å². The molecule has 3 aromatic carbocycles. The lowest BCUT2D eigenvalue weighted by atomic mass is 10.1. The Balaban J connectivity index is 1.48. The van der Waals surface area contributed by atoms with Gasteiger partial charge in [-0.1, -0.05) is 65.3 Å². The molecule has 1 N–H and O–H groups in total. The van der Waals surface area contributed by atoms with Crippen molar-refractivity contribution < 1.29 is 19.2 Å². The Hall–Kier alpha value is -3.83. The number of hydrogen-bond acceptors (Lipinski definition) is 4. The molecule has 0 atom stereocenters. The van der Waals surface area contributed by atoms with Crippen molar-refractivity contribution in [1.29, 1.82) is 0 Å². The fourth-order valence-electron chi connectivity index (χ4n) is 2.87. The maximum Gasteiger partial charge on any atom is 0.335 e. The van der Waals surface area contributed by atoms with Crippen LogP contribution in [-0.4, -0.2) is 16.2 Å². The number of carbonyl (C=O) groups is 1. The molecule has 0 bridgehead atoms. The second-order valence-electron chi connectivity index (χ2n) is 6.46. The van der Waals surface area contributed by atoms with Crippen molar-refractivity contribution in [3.8, 4) is 22.8 Å². The fourth-order valence-corrected chi connectivity index (χ4v) is 3.06. The SMILES string of the molecule is O=C(O)c1cccc(/C=C/c2ccc(Oc3cnoc3-c3cccc(Cl)c3)cc2)c1. The average molecular weight is 418 g/mol. The van der Waals surface area contributed by atoms with Gasteiger partial charge in [0.15, 0.2) is 5.75 Å². The lowest BCUT2D eigenvalue weighted by Crippen LogP contribution is -1.95. The second-order valence-corrected chi connectivity index (χ2v) is 6.90. The predicted molar refractivity (Wildman–Crippen MR) is 116 cm³/mol. The highest BCUT2D eigenvalue weighted by molar-refractivity contribution is 6.30. The molecule has 6 heteroatoms. The first-order valence-corrected chi connectivity index (χ1v) is 9.46. The Bertz CT molecular complexity index is 1210. The van der Waals surface area contributed by atoms with Crippen molar-refractivity contribution in [2.24, 2.45) is 0 Å². The van der Waals surface area contributed by atoms with Crippen LogP contribution in [-0.2, 0) is 0 Å². The fraction of sp³-hybridized carbons (Fsp3) is 0. The number of hydrogen-bond donors (Lipinski definition) is 1. The summed E-state index contributed by atoms with van der Waals surface area (Å²) in [7, 11) is 0. The molecule has 0 aliphatic heterocycles. The van der Waals surface area contributed by atoms with Gasteiger partial charge in [0.1, 0.15) is 11.9 Å². The molecule has 4 rings (SSSR count). The number of rotatable bonds is 6.